The molecule has 0 aromatic heterocycles. The van der Waals surface area contributed by atoms with Crippen molar-refractivity contribution in [1.29, 1.82) is 0 Å². The van der Waals surface area contributed by atoms with Gasteiger partial charge >= 0.3 is 0 Å². The van der Waals surface area contributed by atoms with Gasteiger partial charge in [0.2, 0.25) is 5.91 Å². The van der Waals surface area contributed by atoms with E-state index < -0.39 is 0 Å². The van der Waals surface area contributed by atoms with E-state index in [1.54, 1.807) is 49.5 Å². The fraction of sp³-hybridized carbons (Fsp3) is 0.417. The molecule has 260 valence electrons. The first-order valence-corrected chi connectivity index (χ1v) is 16.2. The molecule has 3 rings (SSSR count). The van der Waals surface area contributed by atoms with E-state index in [4.69, 9.17) is 30.2 Å². The van der Waals surface area contributed by atoms with Crippen molar-refractivity contribution in [3.05, 3.63) is 77.4 Å². The molecule has 0 atom stereocenters. The molecule has 0 aliphatic heterocycles. The van der Waals surface area contributed by atoms with Gasteiger partial charge in [-0.05, 0) is 87.2 Å². The van der Waals surface area contributed by atoms with Crippen molar-refractivity contribution in [3.63, 3.8) is 0 Å². The summed E-state index contributed by atoms with van der Waals surface area (Å²) in [5.41, 5.74) is 8.23. The summed E-state index contributed by atoms with van der Waals surface area (Å²) in [7, 11) is 3.13. The Labute approximate surface area is 282 Å². The van der Waals surface area contributed by atoms with Crippen LogP contribution in [-0.2, 0) is 4.79 Å². The normalized spacial score (nSPS) is 10.7. The highest BCUT2D eigenvalue weighted by Gasteiger charge is 2.21. The largest absolute Gasteiger partial charge is 0.495 e. The minimum Gasteiger partial charge on any atom is -0.495 e. The predicted octanol–water partition coefficient (Wildman–Crippen LogP) is 4.01. The molecule has 0 radical (unpaired) electrons. The molecule has 12 nitrogen and oxygen atoms in total. The number of methoxy groups -OCH3 is 1. The highest BCUT2D eigenvalue weighted by Crippen LogP contribution is 2.32. The Morgan fingerprint density at radius 3 is 2.25 bits per heavy atom. The Morgan fingerprint density at radius 2 is 1.54 bits per heavy atom. The third-order valence-corrected chi connectivity index (χ3v) is 7.60. The van der Waals surface area contributed by atoms with Crippen LogP contribution in [0.2, 0.25) is 0 Å². The predicted molar refractivity (Wildman–Crippen MR) is 185 cm³/mol. The van der Waals surface area contributed by atoms with E-state index in [2.05, 4.69) is 5.32 Å². The number of unbranched alkanes of at least 4 members (excludes halogenated alkanes) is 2. The fourth-order valence-electron chi connectivity index (χ4n) is 4.98. The van der Waals surface area contributed by atoms with Crippen LogP contribution in [-0.4, -0.2) is 93.1 Å². The van der Waals surface area contributed by atoms with Crippen LogP contribution in [0.3, 0.4) is 0 Å². The second-order valence-electron chi connectivity index (χ2n) is 11.2. The second-order valence-corrected chi connectivity index (χ2v) is 11.2. The standard InChI is InChI=1S/C36H48N4O8/c1-26-13-16-30(33(24-26)48-22-8-4-5-12-34(43)40(18-20-41)19-21-42)39(2)36(45)27-14-15-29(32(25-27)46-3)38-35(44)28-10-6-7-11-31(28)47-23-9-17-37/h6-7,10-11,13-16,24-25,41-42H,4-5,8-9,12,17-23,37H2,1-3H3,(H,38,44). The number of aliphatic hydroxyl groups is 2. The number of rotatable bonds is 20. The van der Waals surface area contributed by atoms with Crippen molar-refractivity contribution in [2.45, 2.75) is 39.0 Å². The van der Waals surface area contributed by atoms with E-state index in [0.717, 1.165) is 12.0 Å². The van der Waals surface area contributed by atoms with Gasteiger partial charge in [0.05, 0.1) is 50.5 Å². The summed E-state index contributed by atoms with van der Waals surface area (Å²) in [6.07, 6.45) is 3.10. The molecule has 0 spiro atoms. The number of amides is 3. The lowest BCUT2D eigenvalue weighted by molar-refractivity contribution is -0.132. The number of hydrogen-bond acceptors (Lipinski definition) is 9. The molecular formula is C36H48N4O8. The average molecular weight is 665 g/mol. The molecule has 0 unspecified atom stereocenters. The number of aliphatic hydroxyl groups excluding tert-OH is 2. The maximum atomic E-state index is 13.6. The highest BCUT2D eigenvalue weighted by molar-refractivity contribution is 6.09. The van der Waals surface area contributed by atoms with E-state index in [1.807, 2.05) is 25.1 Å². The summed E-state index contributed by atoms with van der Waals surface area (Å²) < 4.78 is 17.4. The lowest BCUT2D eigenvalue weighted by atomic mass is 10.1. The van der Waals surface area contributed by atoms with Crippen LogP contribution in [0.25, 0.3) is 0 Å². The van der Waals surface area contributed by atoms with Crippen LogP contribution in [0.5, 0.6) is 17.2 Å². The number of benzene rings is 3. The Hall–Kier alpha value is -4.65. The van der Waals surface area contributed by atoms with Crippen molar-refractivity contribution in [2.24, 2.45) is 5.73 Å². The molecule has 3 amide bonds. The minimum atomic E-state index is -0.383. The van der Waals surface area contributed by atoms with Crippen LogP contribution in [0.4, 0.5) is 11.4 Å². The molecule has 0 aliphatic carbocycles. The SMILES string of the molecule is COc1cc(C(=O)N(C)c2ccc(C)cc2OCCCCCC(=O)N(CCO)CCO)ccc1NC(=O)c1ccccc1OCCCN. The summed E-state index contributed by atoms with van der Waals surface area (Å²) in [6.45, 7) is 3.34. The van der Waals surface area contributed by atoms with Crippen LogP contribution in [0.1, 0.15) is 58.4 Å². The van der Waals surface area contributed by atoms with Gasteiger partial charge in [-0.2, -0.15) is 0 Å². The van der Waals surface area contributed by atoms with Gasteiger partial charge in [0.15, 0.2) is 0 Å². The first-order chi connectivity index (χ1) is 23.2. The van der Waals surface area contributed by atoms with E-state index >= 15 is 0 Å². The number of aryl methyl sites for hydroxylation is 1. The number of nitrogens with two attached hydrogens (primary N) is 1. The molecule has 0 aliphatic rings. The van der Waals surface area contributed by atoms with Gasteiger partial charge in [-0.25, -0.2) is 0 Å². The van der Waals surface area contributed by atoms with E-state index in [9.17, 15) is 14.4 Å². The maximum absolute atomic E-state index is 13.6. The number of carbonyl (C=O) groups excluding carboxylic acids is 3. The van der Waals surface area contributed by atoms with E-state index in [0.29, 0.717) is 85.2 Å². The molecular weight excluding hydrogens is 616 g/mol. The molecule has 5 N–H and O–H groups in total. The van der Waals surface area contributed by atoms with Gasteiger partial charge in [-0.3, -0.25) is 14.4 Å². The fourth-order valence-corrected chi connectivity index (χ4v) is 4.98. The maximum Gasteiger partial charge on any atom is 0.259 e. The molecule has 0 heterocycles. The monoisotopic (exact) mass is 664 g/mol. The van der Waals surface area contributed by atoms with E-state index in [1.165, 1.54) is 16.9 Å². The molecule has 3 aromatic rings. The van der Waals surface area contributed by atoms with Crippen LogP contribution < -0.4 is 30.2 Å². The Kier molecular flexibility index (Phi) is 15.7. The number of ether oxygens (including phenoxy) is 3. The number of carbonyl (C=O) groups is 3. The van der Waals surface area contributed by atoms with Gasteiger partial charge in [0.1, 0.15) is 17.2 Å². The van der Waals surface area contributed by atoms with Gasteiger partial charge in [0.25, 0.3) is 11.8 Å². The number of anilines is 2. The third kappa shape index (κ3) is 11.0. The molecule has 0 fully saturated rings. The summed E-state index contributed by atoms with van der Waals surface area (Å²) in [6, 6.07) is 17.4. The Bertz CT molecular complexity index is 1490. The van der Waals surface area contributed by atoms with Crippen molar-refractivity contribution in [1.82, 2.24) is 4.90 Å². The van der Waals surface area contributed by atoms with Gasteiger partial charge in [0, 0.05) is 32.1 Å². The quantitative estimate of drug-likeness (QED) is 0.131. The van der Waals surface area contributed by atoms with Gasteiger partial charge in [-0.15, -0.1) is 0 Å². The van der Waals surface area contributed by atoms with Crippen LogP contribution in [0.15, 0.2) is 60.7 Å². The van der Waals surface area contributed by atoms with E-state index in [-0.39, 0.29) is 44.0 Å². The first-order valence-electron chi connectivity index (χ1n) is 16.2. The third-order valence-electron chi connectivity index (χ3n) is 7.60. The Balaban J connectivity index is 1.64. The molecule has 48 heavy (non-hydrogen) atoms. The summed E-state index contributed by atoms with van der Waals surface area (Å²) in [5.74, 6) is 0.544. The highest BCUT2D eigenvalue weighted by atomic mass is 16.5. The molecule has 12 heteroatoms. The zero-order valence-corrected chi connectivity index (χ0v) is 28.1. The molecule has 0 saturated carbocycles. The Morgan fingerprint density at radius 1 is 0.833 bits per heavy atom. The minimum absolute atomic E-state index is 0.0962. The average Bonchev–Trinajstić information content (AvgIpc) is 3.09. The van der Waals surface area contributed by atoms with Crippen molar-refractivity contribution >= 4 is 29.1 Å². The second kappa shape index (κ2) is 19.9. The topological polar surface area (TPSA) is 164 Å². The number of hydrogen-bond donors (Lipinski definition) is 4. The first kappa shape index (κ1) is 37.8. The number of nitrogens with one attached hydrogen (secondary N) is 1. The van der Waals surface area contributed by atoms with Gasteiger partial charge in [-0.1, -0.05) is 18.2 Å². The number of nitrogens with zero attached hydrogens (tertiary/aromatic N) is 2. The summed E-state index contributed by atoms with van der Waals surface area (Å²) in [5, 5.41) is 21.1. The van der Waals surface area contributed by atoms with Crippen molar-refractivity contribution < 1.29 is 38.8 Å². The zero-order valence-electron chi connectivity index (χ0n) is 28.1. The smallest absolute Gasteiger partial charge is 0.259 e. The van der Waals surface area contributed by atoms with Gasteiger partial charge < -0.3 is 45.3 Å². The molecule has 0 saturated heterocycles. The lowest BCUT2D eigenvalue weighted by Crippen LogP contribution is -2.35. The van der Waals surface area contributed by atoms with Crippen LogP contribution >= 0.6 is 0 Å². The van der Waals surface area contributed by atoms with Crippen molar-refractivity contribution in [3.8, 4) is 17.2 Å². The lowest BCUT2D eigenvalue weighted by Gasteiger charge is -2.22. The molecule has 0 bridgehead atoms. The van der Waals surface area contributed by atoms with Crippen molar-refractivity contribution in [2.75, 3.05) is 70.4 Å². The summed E-state index contributed by atoms with van der Waals surface area (Å²) >= 11 is 0. The molecule has 3 aromatic carbocycles. The van der Waals surface area contributed by atoms with Crippen LogP contribution in [0, 0.1) is 6.92 Å². The zero-order chi connectivity index (χ0) is 34.9. The summed E-state index contributed by atoms with van der Waals surface area (Å²) in [4.78, 5) is 42.1. The number of para-hydroxylation sites is 1.